The lowest BCUT2D eigenvalue weighted by Gasteiger charge is -2.03. The topological polar surface area (TPSA) is 74.8 Å². The summed E-state index contributed by atoms with van der Waals surface area (Å²) in [6.45, 7) is 0. The predicted octanol–water partition coefficient (Wildman–Crippen LogP) is 1.16. The summed E-state index contributed by atoms with van der Waals surface area (Å²) in [6.07, 6.45) is 2.42. The molecule has 5 nitrogen and oxygen atoms in total. The van der Waals surface area contributed by atoms with Crippen molar-refractivity contribution in [3.63, 3.8) is 0 Å². The van der Waals surface area contributed by atoms with Gasteiger partial charge in [0.2, 0.25) is 0 Å². The van der Waals surface area contributed by atoms with E-state index in [0.29, 0.717) is 5.69 Å². The van der Waals surface area contributed by atoms with E-state index in [0.717, 1.165) is 6.20 Å². The minimum atomic E-state index is -0.525. The van der Waals surface area contributed by atoms with E-state index in [4.69, 9.17) is 0 Å². The molecule has 1 amide bonds. The number of H-pyrrole nitrogens is 1. The van der Waals surface area contributed by atoms with Crippen LogP contribution >= 0.6 is 0 Å². The first-order chi connectivity index (χ1) is 8.15. The van der Waals surface area contributed by atoms with Gasteiger partial charge in [-0.2, -0.15) is 0 Å². The third-order valence-corrected chi connectivity index (χ3v) is 2.04. The Hall–Kier alpha value is -2.50. The number of benzene rings is 1. The molecule has 1 aromatic carbocycles. The normalized spacial score (nSPS) is 9.94. The van der Waals surface area contributed by atoms with Gasteiger partial charge in [-0.3, -0.25) is 4.79 Å². The van der Waals surface area contributed by atoms with E-state index in [2.05, 4.69) is 15.3 Å². The highest BCUT2D eigenvalue weighted by Crippen LogP contribution is 2.09. The summed E-state index contributed by atoms with van der Waals surface area (Å²) in [6, 6.07) is 5.35. The summed E-state index contributed by atoms with van der Waals surface area (Å²) in [7, 11) is 0. The van der Waals surface area contributed by atoms with Gasteiger partial charge >= 0.3 is 5.69 Å². The summed E-state index contributed by atoms with van der Waals surface area (Å²) in [5.41, 5.74) is 0.153. The summed E-state index contributed by atoms with van der Waals surface area (Å²) in [5, 5.41) is 2.54. The number of halogens is 1. The van der Waals surface area contributed by atoms with Crippen LogP contribution in [0, 0.1) is 5.82 Å². The highest BCUT2D eigenvalue weighted by molar-refractivity contribution is 6.03. The molecule has 0 bridgehead atoms. The second-order valence-corrected chi connectivity index (χ2v) is 3.27. The second kappa shape index (κ2) is 4.56. The average Bonchev–Trinajstić information content (AvgIpc) is 2.33. The maximum Gasteiger partial charge on any atom is 0.344 e. The lowest BCUT2D eigenvalue weighted by atomic mass is 10.2. The van der Waals surface area contributed by atoms with E-state index in [9.17, 15) is 14.0 Å². The van der Waals surface area contributed by atoms with Crippen LogP contribution in [0.25, 0.3) is 0 Å². The molecule has 0 unspecified atom stereocenters. The van der Waals surface area contributed by atoms with E-state index in [1.807, 2.05) is 0 Å². The Morgan fingerprint density at radius 1 is 1.29 bits per heavy atom. The van der Waals surface area contributed by atoms with Crippen molar-refractivity contribution in [2.45, 2.75) is 0 Å². The van der Waals surface area contributed by atoms with Gasteiger partial charge in [0.1, 0.15) is 5.82 Å². The Kier molecular flexibility index (Phi) is 2.95. The van der Waals surface area contributed by atoms with Crippen LogP contribution in [0.5, 0.6) is 0 Å². The van der Waals surface area contributed by atoms with Crippen LogP contribution < -0.4 is 11.0 Å². The Morgan fingerprint density at radius 2 is 2.00 bits per heavy atom. The molecule has 6 heteroatoms. The summed E-state index contributed by atoms with van der Waals surface area (Å²) < 4.78 is 12.6. The molecule has 0 fully saturated rings. The molecule has 0 aliphatic rings. The molecular weight excluding hydrogens is 225 g/mol. The maximum absolute atomic E-state index is 12.6. The predicted molar refractivity (Wildman–Crippen MR) is 59.2 cm³/mol. The monoisotopic (exact) mass is 233 g/mol. The molecular formula is C11H8FN3O2. The van der Waals surface area contributed by atoms with Crippen molar-refractivity contribution in [3.05, 3.63) is 58.5 Å². The van der Waals surface area contributed by atoms with Gasteiger partial charge in [-0.25, -0.2) is 14.2 Å². The number of carbonyl (C=O) groups is 1. The van der Waals surface area contributed by atoms with Crippen molar-refractivity contribution >= 4 is 11.6 Å². The van der Waals surface area contributed by atoms with Crippen LogP contribution in [-0.2, 0) is 0 Å². The van der Waals surface area contributed by atoms with Crippen molar-refractivity contribution in [3.8, 4) is 0 Å². The quantitative estimate of drug-likeness (QED) is 0.817. The molecule has 1 aromatic heterocycles. The molecule has 0 atom stereocenters. The Labute approximate surface area is 95.3 Å². The number of aromatic amines is 1. The number of hydrogen-bond acceptors (Lipinski definition) is 3. The third-order valence-electron chi connectivity index (χ3n) is 2.04. The van der Waals surface area contributed by atoms with Crippen molar-refractivity contribution in [1.29, 1.82) is 0 Å². The number of amides is 1. The van der Waals surface area contributed by atoms with Crippen LogP contribution in [0.3, 0.4) is 0 Å². The van der Waals surface area contributed by atoms with Crippen LogP contribution in [0.4, 0.5) is 10.1 Å². The molecule has 2 aromatic rings. The highest BCUT2D eigenvalue weighted by atomic mass is 19.1. The van der Waals surface area contributed by atoms with Crippen LogP contribution in [0.2, 0.25) is 0 Å². The van der Waals surface area contributed by atoms with E-state index in [-0.39, 0.29) is 11.4 Å². The molecule has 0 saturated carbocycles. The zero-order valence-electron chi connectivity index (χ0n) is 8.61. The summed E-state index contributed by atoms with van der Waals surface area (Å²) in [5.74, 6) is -0.811. The van der Waals surface area contributed by atoms with Gasteiger partial charge in [-0.05, 0) is 24.3 Å². The van der Waals surface area contributed by atoms with Crippen molar-refractivity contribution < 1.29 is 9.18 Å². The molecule has 1 heterocycles. The van der Waals surface area contributed by atoms with Crippen LogP contribution in [0.1, 0.15) is 10.4 Å². The lowest BCUT2D eigenvalue weighted by Crippen LogP contribution is -2.16. The maximum atomic E-state index is 12.6. The molecule has 2 rings (SSSR count). The lowest BCUT2D eigenvalue weighted by molar-refractivity contribution is 0.102. The minimum absolute atomic E-state index is 0.217. The third kappa shape index (κ3) is 2.75. The summed E-state index contributed by atoms with van der Waals surface area (Å²) >= 11 is 0. The fourth-order valence-corrected chi connectivity index (χ4v) is 1.20. The molecule has 2 N–H and O–H groups in total. The zero-order valence-corrected chi connectivity index (χ0v) is 8.61. The fourth-order valence-electron chi connectivity index (χ4n) is 1.20. The van der Waals surface area contributed by atoms with E-state index < -0.39 is 11.6 Å². The Morgan fingerprint density at radius 3 is 2.59 bits per heavy atom. The van der Waals surface area contributed by atoms with Gasteiger partial charge in [0.15, 0.2) is 0 Å². The van der Waals surface area contributed by atoms with Gasteiger partial charge in [-0.15, -0.1) is 0 Å². The number of aromatic nitrogens is 2. The van der Waals surface area contributed by atoms with Gasteiger partial charge in [0, 0.05) is 18.1 Å². The molecule has 0 saturated heterocycles. The SMILES string of the molecule is O=C(Nc1ccc(F)cc1)c1cnc(=O)[nH]c1. The van der Waals surface area contributed by atoms with Gasteiger partial charge in [-0.1, -0.05) is 0 Å². The number of hydrogen-bond donors (Lipinski definition) is 2. The van der Waals surface area contributed by atoms with Gasteiger partial charge in [0.05, 0.1) is 5.56 Å². The first kappa shape index (κ1) is 11.0. The fraction of sp³-hybridized carbons (Fsp3) is 0. The Bertz CT molecular complexity index is 572. The smallest absolute Gasteiger partial charge is 0.322 e. The second-order valence-electron chi connectivity index (χ2n) is 3.27. The number of carbonyl (C=O) groups excluding carboxylic acids is 1. The van der Waals surface area contributed by atoms with E-state index >= 15 is 0 Å². The molecule has 0 spiro atoms. The highest BCUT2D eigenvalue weighted by Gasteiger charge is 2.06. The largest absolute Gasteiger partial charge is 0.344 e. The zero-order chi connectivity index (χ0) is 12.3. The minimum Gasteiger partial charge on any atom is -0.322 e. The molecule has 0 radical (unpaired) electrons. The summed E-state index contributed by atoms with van der Waals surface area (Å²) in [4.78, 5) is 28.1. The Balaban J connectivity index is 2.14. The first-order valence-corrected chi connectivity index (χ1v) is 4.77. The standard InChI is InChI=1S/C11H8FN3O2/c12-8-1-3-9(4-2-8)15-10(16)7-5-13-11(17)14-6-7/h1-6H,(H,15,16)(H,13,14,17). The molecule has 86 valence electrons. The number of nitrogens with zero attached hydrogens (tertiary/aromatic N) is 1. The van der Waals surface area contributed by atoms with Crippen LogP contribution in [0.15, 0.2) is 41.5 Å². The van der Waals surface area contributed by atoms with E-state index in [1.165, 1.54) is 30.5 Å². The molecule has 17 heavy (non-hydrogen) atoms. The van der Waals surface area contributed by atoms with Crippen molar-refractivity contribution in [2.24, 2.45) is 0 Å². The van der Waals surface area contributed by atoms with Gasteiger partial charge in [0.25, 0.3) is 5.91 Å². The number of rotatable bonds is 2. The first-order valence-electron chi connectivity index (χ1n) is 4.77. The average molecular weight is 233 g/mol. The number of anilines is 1. The van der Waals surface area contributed by atoms with Crippen molar-refractivity contribution in [1.82, 2.24) is 9.97 Å². The number of nitrogens with one attached hydrogen (secondary N) is 2. The van der Waals surface area contributed by atoms with Crippen molar-refractivity contribution in [2.75, 3.05) is 5.32 Å². The molecule has 0 aliphatic heterocycles. The molecule has 0 aliphatic carbocycles. The van der Waals surface area contributed by atoms with Crippen LogP contribution in [-0.4, -0.2) is 15.9 Å². The van der Waals surface area contributed by atoms with E-state index in [1.54, 1.807) is 0 Å². The van der Waals surface area contributed by atoms with Gasteiger partial charge < -0.3 is 10.3 Å².